The third-order valence-corrected chi connectivity index (χ3v) is 4.51. The van der Waals surface area contributed by atoms with Gasteiger partial charge in [0.1, 0.15) is 17.5 Å². The highest BCUT2D eigenvalue weighted by Crippen LogP contribution is 2.28. The van der Waals surface area contributed by atoms with E-state index >= 15 is 0 Å². The molecule has 4 rings (SSSR count). The maximum absolute atomic E-state index is 8.87. The quantitative estimate of drug-likeness (QED) is 0.857. The Morgan fingerprint density at radius 1 is 1.43 bits per heavy atom. The van der Waals surface area contributed by atoms with Crippen LogP contribution in [-0.4, -0.2) is 32.9 Å². The van der Waals surface area contributed by atoms with Crippen molar-refractivity contribution in [2.24, 2.45) is 0 Å². The highest BCUT2D eigenvalue weighted by Gasteiger charge is 2.28. The molecule has 21 heavy (non-hydrogen) atoms. The van der Waals surface area contributed by atoms with Crippen LogP contribution in [0.2, 0.25) is 0 Å². The average Bonchev–Trinajstić information content (AvgIpc) is 3.25. The first-order valence-electron chi connectivity index (χ1n) is 7.46. The summed E-state index contributed by atoms with van der Waals surface area (Å²) in [6, 6.07) is 2.48. The van der Waals surface area contributed by atoms with E-state index in [1.807, 2.05) is 10.9 Å². The number of nitriles is 1. The lowest BCUT2D eigenvalue weighted by atomic mass is 10.2. The van der Waals surface area contributed by atoms with Crippen LogP contribution < -0.4 is 0 Å². The fraction of sp³-hybridized carbons (Fsp3) is 0.533. The average molecular weight is 283 g/mol. The van der Waals surface area contributed by atoms with Gasteiger partial charge in [-0.3, -0.25) is 9.58 Å². The van der Waals surface area contributed by atoms with Crippen molar-refractivity contribution < 1.29 is 4.52 Å². The maximum atomic E-state index is 8.87. The lowest BCUT2D eigenvalue weighted by molar-refractivity contribution is 0.295. The van der Waals surface area contributed by atoms with Gasteiger partial charge in [-0.05, 0) is 19.3 Å². The molecule has 2 aliphatic rings. The molecule has 108 valence electrons. The van der Waals surface area contributed by atoms with E-state index in [1.54, 1.807) is 6.20 Å². The second-order valence-corrected chi connectivity index (χ2v) is 5.88. The van der Waals surface area contributed by atoms with Crippen LogP contribution >= 0.6 is 0 Å². The smallest absolute Gasteiger partial charge is 0.140 e. The number of rotatable bonds is 3. The van der Waals surface area contributed by atoms with E-state index in [0.29, 0.717) is 11.6 Å². The van der Waals surface area contributed by atoms with Crippen LogP contribution in [0.25, 0.3) is 0 Å². The van der Waals surface area contributed by atoms with E-state index in [-0.39, 0.29) is 0 Å². The molecule has 6 nitrogen and oxygen atoms in total. The van der Waals surface area contributed by atoms with Crippen LogP contribution in [0.5, 0.6) is 0 Å². The number of hydrogen-bond acceptors (Lipinski definition) is 5. The van der Waals surface area contributed by atoms with Crippen LogP contribution in [-0.2, 0) is 19.4 Å². The van der Waals surface area contributed by atoms with E-state index in [0.717, 1.165) is 50.4 Å². The van der Waals surface area contributed by atoms with Crippen molar-refractivity contribution in [1.82, 2.24) is 19.8 Å². The summed E-state index contributed by atoms with van der Waals surface area (Å²) < 4.78 is 7.34. The van der Waals surface area contributed by atoms with Crippen molar-refractivity contribution in [3.63, 3.8) is 0 Å². The number of nitrogens with zero attached hydrogens (tertiary/aromatic N) is 5. The van der Waals surface area contributed by atoms with Crippen molar-refractivity contribution in [1.29, 1.82) is 5.26 Å². The first-order chi connectivity index (χ1) is 10.3. The first kappa shape index (κ1) is 12.6. The third-order valence-electron chi connectivity index (χ3n) is 4.51. The number of fused-ring (bicyclic) bond motifs is 1. The Morgan fingerprint density at radius 2 is 2.38 bits per heavy atom. The zero-order valence-electron chi connectivity index (χ0n) is 11.8. The summed E-state index contributed by atoms with van der Waals surface area (Å²) in [5.41, 5.74) is 3.08. The molecule has 0 bridgehead atoms. The maximum Gasteiger partial charge on any atom is 0.140 e. The highest BCUT2D eigenvalue weighted by molar-refractivity contribution is 5.27. The molecule has 2 aromatic heterocycles. The minimum absolute atomic E-state index is 0.354. The molecule has 3 heterocycles. The number of aryl methyl sites for hydroxylation is 1. The SMILES string of the molecule is N#Cc1cnn(C2CCN(Cc3noc4c3CCC4)C2)c1. The van der Waals surface area contributed by atoms with Gasteiger partial charge in [0.05, 0.1) is 17.8 Å². The molecule has 1 fully saturated rings. The molecular formula is C15H17N5O. The van der Waals surface area contributed by atoms with Gasteiger partial charge in [-0.25, -0.2) is 0 Å². The molecular weight excluding hydrogens is 266 g/mol. The van der Waals surface area contributed by atoms with Gasteiger partial charge in [0.2, 0.25) is 0 Å². The molecule has 0 radical (unpaired) electrons. The minimum atomic E-state index is 0.354. The highest BCUT2D eigenvalue weighted by atomic mass is 16.5. The molecule has 1 unspecified atom stereocenters. The Morgan fingerprint density at radius 3 is 3.24 bits per heavy atom. The molecule has 1 aliphatic heterocycles. The first-order valence-corrected chi connectivity index (χ1v) is 7.46. The van der Waals surface area contributed by atoms with Gasteiger partial charge in [0.15, 0.2) is 0 Å². The van der Waals surface area contributed by atoms with E-state index in [1.165, 1.54) is 12.0 Å². The second kappa shape index (κ2) is 5.01. The molecule has 1 saturated heterocycles. The third kappa shape index (κ3) is 2.24. The van der Waals surface area contributed by atoms with Gasteiger partial charge in [-0.1, -0.05) is 5.16 Å². The molecule has 0 spiro atoms. The fourth-order valence-corrected chi connectivity index (χ4v) is 3.39. The monoisotopic (exact) mass is 283 g/mol. The van der Waals surface area contributed by atoms with Gasteiger partial charge in [-0.15, -0.1) is 0 Å². The van der Waals surface area contributed by atoms with Gasteiger partial charge < -0.3 is 4.52 Å². The summed E-state index contributed by atoms with van der Waals surface area (Å²) in [6.07, 6.45) is 7.86. The Balaban J connectivity index is 1.43. The normalized spacial score (nSPS) is 21.6. The summed E-state index contributed by atoms with van der Waals surface area (Å²) in [7, 11) is 0. The molecule has 0 amide bonds. The number of hydrogen-bond donors (Lipinski definition) is 0. The van der Waals surface area contributed by atoms with Crippen molar-refractivity contribution in [2.75, 3.05) is 13.1 Å². The van der Waals surface area contributed by atoms with Crippen molar-refractivity contribution in [3.05, 3.63) is 35.0 Å². The van der Waals surface area contributed by atoms with Crippen LogP contribution in [0.4, 0.5) is 0 Å². The van der Waals surface area contributed by atoms with Gasteiger partial charge in [0, 0.05) is 37.8 Å². The van der Waals surface area contributed by atoms with E-state index in [2.05, 4.69) is 21.2 Å². The lowest BCUT2D eigenvalue weighted by Crippen LogP contribution is -2.22. The molecule has 0 N–H and O–H groups in total. The Kier molecular flexibility index (Phi) is 3.00. The molecule has 0 saturated carbocycles. The molecule has 2 aromatic rings. The fourth-order valence-electron chi connectivity index (χ4n) is 3.39. The summed E-state index contributed by atoms with van der Waals surface area (Å²) in [5, 5.41) is 17.4. The van der Waals surface area contributed by atoms with Gasteiger partial charge in [0.25, 0.3) is 0 Å². The summed E-state index contributed by atoms with van der Waals surface area (Å²) in [6.45, 7) is 2.85. The van der Waals surface area contributed by atoms with Gasteiger partial charge >= 0.3 is 0 Å². The van der Waals surface area contributed by atoms with Crippen molar-refractivity contribution >= 4 is 0 Å². The predicted molar refractivity (Wildman–Crippen MR) is 74.4 cm³/mol. The second-order valence-electron chi connectivity index (χ2n) is 5.88. The summed E-state index contributed by atoms with van der Waals surface area (Å²) in [5.74, 6) is 1.09. The Bertz CT molecular complexity index is 695. The zero-order chi connectivity index (χ0) is 14.2. The van der Waals surface area contributed by atoms with E-state index in [9.17, 15) is 0 Å². The number of likely N-dealkylation sites (tertiary alicyclic amines) is 1. The standard InChI is InChI=1S/C15H17N5O/c16-6-11-7-17-20(8-11)12-4-5-19(9-12)10-14-13-2-1-3-15(13)21-18-14/h7-8,12H,1-5,9-10H2. The summed E-state index contributed by atoms with van der Waals surface area (Å²) in [4.78, 5) is 2.40. The predicted octanol–water partition coefficient (Wildman–Crippen LogP) is 1.68. The Labute approximate surface area is 122 Å². The number of aromatic nitrogens is 3. The lowest BCUT2D eigenvalue weighted by Gasteiger charge is -2.15. The van der Waals surface area contributed by atoms with Crippen LogP contribution in [0, 0.1) is 11.3 Å². The molecule has 6 heteroatoms. The summed E-state index contributed by atoms with van der Waals surface area (Å²) >= 11 is 0. The van der Waals surface area contributed by atoms with Crippen LogP contribution in [0.1, 0.15) is 41.5 Å². The van der Waals surface area contributed by atoms with Crippen molar-refractivity contribution in [3.8, 4) is 6.07 Å². The zero-order valence-corrected chi connectivity index (χ0v) is 11.8. The van der Waals surface area contributed by atoms with E-state index < -0.39 is 0 Å². The molecule has 0 aromatic carbocycles. The topological polar surface area (TPSA) is 70.9 Å². The van der Waals surface area contributed by atoms with E-state index in [4.69, 9.17) is 9.78 Å². The van der Waals surface area contributed by atoms with Gasteiger partial charge in [-0.2, -0.15) is 10.4 Å². The largest absolute Gasteiger partial charge is 0.361 e. The van der Waals surface area contributed by atoms with Crippen LogP contribution in [0.15, 0.2) is 16.9 Å². The minimum Gasteiger partial charge on any atom is -0.361 e. The molecule has 1 atom stereocenters. The van der Waals surface area contributed by atoms with Crippen LogP contribution in [0.3, 0.4) is 0 Å². The van der Waals surface area contributed by atoms with Crippen molar-refractivity contribution in [2.45, 2.75) is 38.3 Å². The Hall–Kier alpha value is -2.13. The molecule has 1 aliphatic carbocycles.